The van der Waals surface area contributed by atoms with Gasteiger partial charge in [-0.25, -0.2) is 0 Å². The van der Waals surface area contributed by atoms with Gasteiger partial charge in [-0.15, -0.1) is 0 Å². The van der Waals surface area contributed by atoms with Crippen molar-refractivity contribution in [3.8, 4) is 0 Å². The Bertz CT molecular complexity index is 251. The molecule has 0 spiro atoms. The number of rotatable bonds is 5. The number of amides is 1. The van der Waals surface area contributed by atoms with Crippen LogP contribution in [0.25, 0.3) is 0 Å². The number of nitrogens with zero attached hydrogens (tertiary/aromatic N) is 1. The lowest BCUT2D eigenvalue weighted by molar-refractivity contribution is -0.121. The molecule has 1 aliphatic heterocycles. The van der Waals surface area contributed by atoms with Crippen LogP contribution in [0.15, 0.2) is 0 Å². The SMILES string of the molecule is CC(C)NCC(=O)NC1CCN(C2CC2)C1. The summed E-state index contributed by atoms with van der Waals surface area (Å²) in [6.07, 6.45) is 3.83. The molecule has 0 radical (unpaired) electrons. The second kappa shape index (κ2) is 5.15. The van der Waals surface area contributed by atoms with Gasteiger partial charge in [0.05, 0.1) is 6.54 Å². The molecule has 0 aromatic heterocycles. The maximum Gasteiger partial charge on any atom is 0.234 e. The Hall–Kier alpha value is -0.610. The van der Waals surface area contributed by atoms with Crippen LogP contribution < -0.4 is 10.6 Å². The fourth-order valence-electron chi connectivity index (χ4n) is 2.25. The monoisotopic (exact) mass is 225 g/mol. The van der Waals surface area contributed by atoms with E-state index in [0.29, 0.717) is 18.6 Å². The summed E-state index contributed by atoms with van der Waals surface area (Å²) in [6, 6.07) is 1.58. The Kier molecular flexibility index (Phi) is 3.82. The van der Waals surface area contributed by atoms with Gasteiger partial charge in [0.15, 0.2) is 0 Å². The number of hydrogen-bond acceptors (Lipinski definition) is 3. The van der Waals surface area contributed by atoms with Crippen LogP contribution >= 0.6 is 0 Å². The Morgan fingerprint density at radius 3 is 2.75 bits per heavy atom. The van der Waals surface area contributed by atoms with Crippen molar-refractivity contribution >= 4 is 5.91 Å². The smallest absolute Gasteiger partial charge is 0.234 e. The van der Waals surface area contributed by atoms with Gasteiger partial charge in [0.1, 0.15) is 0 Å². The van der Waals surface area contributed by atoms with Crippen LogP contribution in [0.5, 0.6) is 0 Å². The average molecular weight is 225 g/mol. The lowest BCUT2D eigenvalue weighted by Gasteiger charge is -2.16. The summed E-state index contributed by atoms with van der Waals surface area (Å²) in [7, 11) is 0. The third kappa shape index (κ3) is 3.46. The predicted octanol–water partition coefficient (Wildman–Crippen LogP) is 0.337. The topological polar surface area (TPSA) is 44.4 Å². The van der Waals surface area contributed by atoms with Gasteiger partial charge in [-0.2, -0.15) is 0 Å². The summed E-state index contributed by atoms with van der Waals surface area (Å²) in [4.78, 5) is 14.1. The van der Waals surface area contributed by atoms with Crippen molar-refractivity contribution in [3.63, 3.8) is 0 Å². The van der Waals surface area contributed by atoms with E-state index in [2.05, 4.69) is 29.4 Å². The molecule has 16 heavy (non-hydrogen) atoms. The number of likely N-dealkylation sites (tertiary alicyclic amines) is 1. The maximum atomic E-state index is 11.6. The molecule has 1 amide bonds. The van der Waals surface area contributed by atoms with Gasteiger partial charge in [0.2, 0.25) is 5.91 Å². The number of carbonyl (C=O) groups is 1. The Morgan fingerprint density at radius 2 is 2.12 bits per heavy atom. The van der Waals surface area contributed by atoms with E-state index in [-0.39, 0.29) is 5.91 Å². The molecule has 4 heteroatoms. The van der Waals surface area contributed by atoms with E-state index in [1.807, 2.05) is 0 Å². The van der Waals surface area contributed by atoms with E-state index in [9.17, 15) is 4.79 Å². The molecule has 1 saturated carbocycles. The van der Waals surface area contributed by atoms with Crippen LogP contribution in [0.1, 0.15) is 33.1 Å². The summed E-state index contributed by atoms with van der Waals surface area (Å²) < 4.78 is 0. The molecular weight excluding hydrogens is 202 g/mol. The zero-order valence-electron chi connectivity index (χ0n) is 10.3. The second-order valence-electron chi connectivity index (χ2n) is 5.31. The van der Waals surface area contributed by atoms with Crippen LogP contribution in [-0.2, 0) is 4.79 Å². The summed E-state index contributed by atoms with van der Waals surface area (Å²) >= 11 is 0. The summed E-state index contributed by atoms with van der Waals surface area (Å²) in [5.41, 5.74) is 0. The van der Waals surface area contributed by atoms with E-state index in [0.717, 1.165) is 25.6 Å². The van der Waals surface area contributed by atoms with Crippen LogP contribution in [0.2, 0.25) is 0 Å². The Balaban J connectivity index is 1.64. The maximum absolute atomic E-state index is 11.6. The van der Waals surface area contributed by atoms with Crippen molar-refractivity contribution in [2.24, 2.45) is 0 Å². The van der Waals surface area contributed by atoms with Gasteiger partial charge in [-0.1, -0.05) is 13.8 Å². The van der Waals surface area contributed by atoms with Crippen molar-refractivity contribution < 1.29 is 4.79 Å². The molecule has 2 N–H and O–H groups in total. The molecule has 1 heterocycles. The second-order valence-corrected chi connectivity index (χ2v) is 5.31. The Labute approximate surface area is 97.8 Å². The molecule has 0 aromatic carbocycles. The number of hydrogen-bond donors (Lipinski definition) is 2. The first kappa shape index (κ1) is 11.9. The average Bonchev–Trinajstić information content (AvgIpc) is 2.98. The molecular formula is C12H23N3O. The molecule has 1 unspecified atom stereocenters. The summed E-state index contributed by atoms with van der Waals surface area (Å²) in [6.45, 7) is 6.76. The molecule has 1 atom stereocenters. The van der Waals surface area contributed by atoms with E-state index >= 15 is 0 Å². The molecule has 2 rings (SSSR count). The van der Waals surface area contributed by atoms with E-state index < -0.39 is 0 Å². The molecule has 0 bridgehead atoms. The predicted molar refractivity (Wildman–Crippen MR) is 64.3 cm³/mol. The molecule has 0 aromatic rings. The minimum absolute atomic E-state index is 0.136. The largest absolute Gasteiger partial charge is 0.351 e. The zero-order chi connectivity index (χ0) is 11.5. The lowest BCUT2D eigenvalue weighted by atomic mass is 10.2. The zero-order valence-corrected chi connectivity index (χ0v) is 10.3. The molecule has 4 nitrogen and oxygen atoms in total. The van der Waals surface area contributed by atoms with Gasteiger partial charge in [0.25, 0.3) is 0 Å². The molecule has 2 fully saturated rings. The Morgan fingerprint density at radius 1 is 1.38 bits per heavy atom. The molecule has 92 valence electrons. The van der Waals surface area contributed by atoms with Crippen molar-refractivity contribution in [2.75, 3.05) is 19.6 Å². The first-order chi connectivity index (χ1) is 7.65. The van der Waals surface area contributed by atoms with Crippen LogP contribution in [-0.4, -0.2) is 48.6 Å². The highest BCUT2D eigenvalue weighted by Gasteiger charge is 2.34. The van der Waals surface area contributed by atoms with E-state index in [4.69, 9.17) is 0 Å². The minimum Gasteiger partial charge on any atom is -0.351 e. The van der Waals surface area contributed by atoms with Gasteiger partial charge in [-0.3, -0.25) is 9.69 Å². The lowest BCUT2D eigenvalue weighted by Crippen LogP contribution is -2.43. The van der Waals surface area contributed by atoms with Crippen LogP contribution in [0, 0.1) is 0 Å². The number of carbonyl (C=O) groups excluding carboxylic acids is 1. The highest BCUT2D eigenvalue weighted by atomic mass is 16.2. The quantitative estimate of drug-likeness (QED) is 0.709. The van der Waals surface area contributed by atoms with Crippen molar-refractivity contribution in [2.45, 2.75) is 51.2 Å². The molecule has 1 aliphatic carbocycles. The van der Waals surface area contributed by atoms with Crippen LogP contribution in [0.4, 0.5) is 0 Å². The van der Waals surface area contributed by atoms with Gasteiger partial charge in [-0.05, 0) is 19.3 Å². The fraction of sp³-hybridized carbons (Fsp3) is 0.917. The third-order valence-electron chi connectivity index (χ3n) is 3.32. The minimum atomic E-state index is 0.136. The molecule has 2 aliphatic rings. The third-order valence-corrected chi connectivity index (χ3v) is 3.32. The van der Waals surface area contributed by atoms with E-state index in [1.54, 1.807) is 0 Å². The summed E-state index contributed by atoms with van der Waals surface area (Å²) in [5, 5.41) is 6.24. The first-order valence-corrected chi connectivity index (χ1v) is 6.42. The fourth-order valence-corrected chi connectivity index (χ4v) is 2.25. The summed E-state index contributed by atoms with van der Waals surface area (Å²) in [5.74, 6) is 0.136. The van der Waals surface area contributed by atoms with Crippen molar-refractivity contribution in [1.82, 2.24) is 15.5 Å². The normalized spacial score (nSPS) is 26.3. The number of nitrogens with one attached hydrogen (secondary N) is 2. The van der Waals surface area contributed by atoms with Crippen molar-refractivity contribution in [3.05, 3.63) is 0 Å². The van der Waals surface area contributed by atoms with Gasteiger partial charge >= 0.3 is 0 Å². The van der Waals surface area contributed by atoms with Gasteiger partial charge < -0.3 is 10.6 Å². The highest BCUT2D eigenvalue weighted by Crippen LogP contribution is 2.29. The standard InChI is InChI=1S/C12H23N3O/c1-9(2)13-7-12(16)14-10-5-6-15(8-10)11-3-4-11/h9-11,13H,3-8H2,1-2H3,(H,14,16). The van der Waals surface area contributed by atoms with Crippen molar-refractivity contribution in [1.29, 1.82) is 0 Å². The van der Waals surface area contributed by atoms with Gasteiger partial charge in [0, 0.05) is 31.2 Å². The van der Waals surface area contributed by atoms with Crippen LogP contribution in [0.3, 0.4) is 0 Å². The molecule has 1 saturated heterocycles. The van der Waals surface area contributed by atoms with E-state index in [1.165, 1.54) is 12.8 Å². The first-order valence-electron chi connectivity index (χ1n) is 6.42. The highest BCUT2D eigenvalue weighted by molar-refractivity contribution is 5.78.